The van der Waals surface area contributed by atoms with Gasteiger partial charge < -0.3 is 4.90 Å². The average molecular weight is 272 g/mol. The Kier molecular flexibility index (Phi) is 4.36. The smallest absolute Gasteiger partial charge is 0.257 e. The van der Waals surface area contributed by atoms with Crippen molar-refractivity contribution in [1.29, 1.82) is 0 Å². The molecule has 0 radical (unpaired) electrons. The van der Waals surface area contributed by atoms with Crippen LogP contribution < -0.4 is 4.72 Å². The highest BCUT2D eigenvalue weighted by atomic mass is 32.2. The highest BCUT2D eigenvalue weighted by Gasteiger charge is 2.18. The van der Waals surface area contributed by atoms with E-state index in [1.165, 1.54) is 25.1 Å². The van der Waals surface area contributed by atoms with Crippen molar-refractivity contribution in [3.8, 4) is 0 Å². The van der Waals surface area contributed by atoms with Gasteiger partial charge in [0.15, 0.2) is 5.03 Å². The summed E-state index contributed by atoms with van der Waals surface area (Å²) < 4.78 is 26.3. The number of likely N-dealkylation sites (tertiary alicyclic amines) is 1. The Morgan fingerprint density at radius 2 is 2.22 bits per heavy atom. The minimum absolute atomic E-state index is 0.121. The Labute approximate surface area is 108 Å². The molecule has 102 valence electrons. The van der Waals surface area contributed by atoms with E-state index < -0.39 is 10.0 Å². The fourth-order valence-electron chi connectivity index (χ4n) is 2.19. The van der Waals surface area contributed by atoms with Crippen LogP contribution in [-0.4, -0.2) is 49.7 Å². The standard InChI is InChI=1S/C11H20N4O2S/c1-10(9-15-6-2-3-7-15)8-13-18(16,17)11-4-5-12-14-11/h4-5,10,13H,2-3,6-9H2,1H3,(H,12,14). The molecular formula is C11H20N4O2S. The molecule has 0 bridgehead atoms. The molecule has 0 amide bonds. The minimum atomic E-state index is -3.43. The zero-order valence-electron chi connectivity index (χ0n) is 10.6. The molecule has 1 unspecified atom stereocenters. The predicted octanol–water partition coefficient (Wildman–Crippen LogP) is 0.420. The number of aromatic amines is 1. The number of nitrogens with zero attached hydrogens (tertiary/aromatic N) is 2. The first-order valence-corrected chi connectivity index (χ1v) is 7.77. The highest BCUT2D eigenvalue weighted by molar-refractivity contribution is 7.89. The molecule has 1 aliphatic rings. The van der Waals surface area contributed by atoms with Crippen molar-refractivity contribution >= 4 is 10.0 Å². The zero-order chi connectivity index (χ0) is 13.0. The molecule has 1 aromatic rings. The van der Waals surface area contributed by atoms with Gasteiger partial charge in [-0.25, -0.2) is 13.1 Å². The Hall–Kier alpha value is -0.920. The van der Waals surface area contributed by atoms with Crippen LogP contribution in [0.3, 0.4) is 0 Å². The summed E-state index contributed by atoms with van der Waals surface area (Å²) in [5.41, 5.74) is 0. The van der Waals surface area contributed by atoms with E-state index in [9.17, 15) is 8.42 Å². The number of H-pyrrole nitrogens is 1. The second-order valence-corrected chi connectivity index (χ2v) is 6.62. The Bertz CT molecular complexity index is 451. The molecule has 1 aliphatic heterocycles. The van der Waals surface area contributed by atoms with E-state index in [0.717, 1.165) is 19.6 Å². The van der Waals surface area contributed by atoms with Gasteiger partial charge >= 0.3 is 0 Å². The van der Waals surface area contributed by atoms with Crippen LogP contribution in [0.1, 0.15) is 19.8 Å². The summed E-state index contributed by atoms with van der Waals surface area (Å²) in [6.07, 6.45) is 3.95. The maximum Gasteiger partial charge on any atom is 0.257 e. The topological polar surface area (TPSA) is 78.1 Å². The van der Waals surface area contributed by atoms with Crippen molar-refractivity contribution in [3.63, 3.8) is 0 Å². The van der Waals surface area contributed by atoms with Gasteiger partial charge in [-0.1, -0.05) is 6.92 Å². The molecule has 1 aromatic heterocycles. The van der Waals surface area contributed by atoms with Crippen LogP contribution >= 0.6 is 0 Å². The number of aromatic nitrogens is 2. The van der Waals surface area contributed by atoms with E-state index in [1.54, 1.807) is 0 Å². The molecule has 0 saturated carbocycles. The van der Waals surface area contributed by atoms with Crippen LogP contribution in [-0.2, 0) is 10.0 Å². The second-order valence-electron chi connectivity index (χ2n) is 4.89. The van der Waals surface area contributed by atoms with E-state index in [-0.39, 0.29) is 5.03 Å². The van der Waals surface area contributed by atoms with Crippen LogP contribution in [0.2, 0.25) is 0 Å². The third kappa shape index (κ3) is 3.54. The molecule has 0 spiro atoms. The van der Waals surface area contributed by atoms with Gasteiger partial charge in [0.05, 0.1) is 6.20 Å². The van der Waals surface area contributed by atoms with Crippen LogP contribution in [0.15, 0.2) is 17.3 Å². The van der Waals surface area contributed by atoms with Crippen LogP contribution in [0.5, 0.6) is 0 Å². The Morgan fingerprint density at radius 3 is 2.83 bits per heavy atom. The lowest BCUT2D eigenvalue weighted by atomic mass is 10.2. The number of nitrogens with one attached hydrogen (secondary N) is 2. The summed E-state index contributed by atoms with van der Waals surface area (Å²) in [6.45, 7) is 5.74. The van der Waals surface area contributed by atoms with Gasteiger partial charge in [-0.15, -0.1) is 0 Å². The highest BCUT2D eigenvalue weighted by Crippen LogP contribution is 2.10. The van der Waals surface area contributed by atoms with Crippen LogP contribution in [0, 0.1) is 5.92 Å². The first-order valence-electron chi connectivity index (χ1n) is 6.29. The van der Waals surface area contributed by atoms with Crippen molar-refractivity contribution in [2.75, 3.05) is 26.2 Å². The summed E-state index contributed by atoms with van der Waals surface area (Å²) in [5, 5.41) is 6.23. The summed E-state index contributed by atoms with van der Waals surface area (Å²) >= 11 is 0. The molecule has 2 N–H and O–H groups in total. The van der Waals surface area contributed by atoms with Gasteiger partial charge in [-0.05, 0) is 37.9 Å². The molecule has 2 heterocycles. The minimum Gasteiger partial charge on any atom is -0.303 e. The van der Waals surface area contributed by atoms with Crippen LogP contribution in [0.25, 0.3) is 0 Å². The van der Waals surface area contributed by atoms with Gasteiger partial charge in [0.25, 0.3) is 10.0 Å². The van der Waals surface area contributed by atoms with Crippen LogP contribution in [0.4, 0.5) is 0 Å². The van der Waals surface area contributed by atoms with Crippen molar-refractivity contribution in [3.05, 3.63) is 12.3 Å². The lowest BCUT2D eigenvalue weighted by Crippen LogP contribution is -2.34. The second kappa shape index (κ2) is 5.81. The van der Waals surface area contributed by atoms with Gasteiger partial charge in [-0.2, -0.15) is 5.10 Å². The van der Waals surface area contributed by atoms with Gasteiger partial charge in [0, 0.05) is 13.1 Å². The Morgan fingerprint density at radius 1 is 1.50 bits per heavy atom. The van der Waals surface area contributed by atoms with Gasteiger partial charge in [0.2, 0.25) is 0 Å². The van der Waals surface area contributed by atoms with E-state index in [4.69, 9.17) is 0 Å². The van der Waals surface area contributed by atoms with Crippen molar-refractivity contribution < 1.29 is 8.42 Å². The number of hydrogen-bond acceptors (Lipinski definition) is 4. The molecule has 6 nitrogen and oxygen atoms in total. The molecular weight excluding hydrogens is 252 g/mol. The summed E-state index contributed by atoms with van der Waals surface area (Å²) in [4.78, 5) is 2.38. The number of rotatable bonds is 6. The largest absolute Gasteiger partial charge is 0.303 e. The normalized spacial score (nSPS) is 19.2. The van der Waals surface area contributed by atoms with E-state index >= 15 is 0 Å². The van der Waals surface area contributed by atoms with Crippen molar-refractivity contribution in [2.45, 2.75) is 24.8 Å². The first-order chi connectivity index (χ1) is 8.58. The molecule has 1 fully saturated rings. The molecule has 0 aromatic carbocycles. The number of hydrogen-bond donors (Lipinski definition) is 2. The molecule has 2 rings (SSSR count). The van der Waals surface area contributed by atoms with Crippen molar-refractivity contribution in [2.24, 2.45) is 5.92 Å². The van der Waals surface area contributed by atoms with Gasteiger partial charge in [0.1, 0.15) is 0 Å². The lowest BCUT2D eigenvalue weighted by molar-refractivity contribution is 0.288. The maximum absolute atomic E-state index is 11.8. The average Bonchev–Trinajstić information content (AvgIpc) is 2.99. The summed E-state index contributed by atoms with van der Waals surface area (Å²) in [7, 11) is -3.43. The molecule has 0 aliphatic carbocycles. The maximum atomic E-state index is 11.8. The molecule has 1 atom stereocenters. The molecule has 7 heteroatoms. The summed E-state index contributed by atoms with van der Waals surface area (Å²) in [5.74, 6) is 0.306. The monoisotopic (exact) mass is 272 g/mol. The third-order valence-electron chi connectivity index (χ3n) is 3.16. The quantitative estimate of drug-likeness (QED) is 0.787. The molecule has 1 saturated heterocycles. The summed E-state index contributed by atoms with van der Waals surface area (Å²) in [6, 6.07) is 1.45. The van der Waals surface area contributed by atoms with E-state index in [0.29, 0.717) is 12.5 Å². The third-order valence-corrected chi connectivity index (χ3v) is 4.51. The fraction of sp³-hybridized carbons (Fsp3) is 0.727. The molecule has 18 heavy (non-hydrogen) atoms. The predicted molar refractivity (Wildman–Crippen MR) is 68.6 cm³/mol. The zero-order valence-corrected chi connectivity index (χ0v) is 11.4. The van der Waals surface area contributed by atoms with Gasteiger partial charge in [-0.3, -0.25) is 5.10 Å². The number of sulfonamides is 1. The van der Waals surface area contributed by atoms with Crippen molar-refractivity contribution in [1.82, 2.24) is 19.8 Å². The first kappa shape index (κ1) is 13.5. The van der Waals surface area contributed by atoms with E-state index in [1.807, 2.05) is 0 Å². The lowest BCUT2D eigenvalue weighted by Gasteiger charge is -2.20. The van der Waals surface area contributed by atoms with E-state index in [2.05, 4.69) is 26.7 Å². The fourth-order valence-corrected chi connectivity index (χ4v) is 3.27. The SMILES string of the molecule is CC(CNS(=O)(=O)c1ccn[nH]1)CN1CCCC1. The Balaban J connectivity index is 1.80.